The average molecular weight is 265 g/mol. The van der Waals surface area contributed by atoms with E-state index >= 15 is 0 Å². The summed E-state index contributed by atoms with van der Waals surface area (Å²) in [6, 6.07) is 1.02. The number of primary amides is 1. The Hall–Kier alpha value is -2.02. The molecule has 6 nitrogen and oxygen atoms in total. The zero-order chi connectivity index (χ0) is 14.0. The zero-order valence-electron chi connectivity index (χ0n) is 10.4. The fraction of sp³-hybridized carbons (Fsp3) is 0.417. The molecule has 0 saturated heterocycles. The van der Waals surface area contributed by atoms with Crippen molar-refractivity contribution in [2.45, 2.75) is 31.7 Å². The van der Waals surface area contributed by atoms with Gasteiger partial charge in [-0.3, -0.25) is 4.79 Å². The number of aliphatic imine (C=N–C) groups is 1. The number of carbonyl (C=O) groups excluding carboxylic acids is 1. The van der Waals surface area contributed by atoms with Gasteiger partial charge in [0.2, 0.25) is 0 Å². The lowest BCUT2D eigenvalue weighted by Crippen LogP contribution is -2.27. The number of nitrogen functional groups attached to an aromatic ring is 1. The topological polar surface area (TPSA) is 120 Å². The van der Waals surface area contributed by atoms with Crippen LogP contribution >= 0.6 is 0 Å². The summed E-state index contributed by atoms with van der Waals surface area (Å²) in [4.78, 5) is 18.9. The second kappa shape index (κ2) is 5.31. The van der Waals surface area contributed by atoms with Crippen molar-refractivity contribution in [3.05, 3.63) is 17.4 Å². The van der Waals surface area contributed by atoms with Crippen molar-refractivity contribution in [3.8, 4) is 0 Å². The molecule has 0 bridgehead atoms. The lowest BCUT2D eigenvalue weighted by Gasteiger charge is -2.19. The number of pyridine rings is 1. The number of halogens is 1. The Morgan fingerprint density at radius 2 is 2.26 bits per heavy atom. The van der Waals surface area contributed by atoms with Crippen molar-refractivity contribution in [1.82, 2.24) is 4.98 Å². The van der Waals surface area contributed by atoms with Crippen molar-refractivity contribution < 1.29 is 9.18 Å². The first-order valence-corrected chi connectivity index (χ1v) is 6.05. The molecular weight excluding hydrogens is 249 g/mol. The second-order valence-electron chi connectivity index (χ2n) is 4.63. The van der Waals surface area contributed by atoms with Gasteiger partial charge < -0.3 is 17.2 Å². The molecule has 1 saturated carbocycles. The third kappa shape index (κ3) is 3.05. The quantitative estimate of drug-likeness (QED) is 0.734. The predicted molar refractivity (Wildman–Crippen MR) is 70.7 cm³/mol. The molecule has 0 unspecified atom stereocenters. The molecule has 1 amide bonds. The average Bonchev–Trinajstić information content (AvgIpc) is 2.33. The van der Waals surface area contributed by atoms with Crippen LogP contribution in [0.25, 0.3) is 0 Å². The van der Waals surface area contributed by atoms with Gasteiger partial charge in [-0.1, -0.05) is 0 Å². The van der Waals surface area contributed by atoms with Crippen molar-refractivity contribution in [2.24, 2.45) is 16.5 Å². The molecule has 1 aromatic heterocycles. The van der Waals surface area contributed by atoms with Gasteiger partial charge in [0.1, 0.15) is 5.82 Å². The molecule has 1 atom stereocenters. The van der Waals surface area contributed by atoms with Gasteiger partial charge in [-0.25, -0.2) is 14.4 Å². The summed E-state index contributed by atoms with van der Waals surface area (Å²) < 4.78 is 13.8. The molecule has 0 aromatic carbocycles. The van der Waals surface area contributed by atoms with Crippen LogP contribution in [0.3, 0.4) is 0 Å². The van der Waals surface area contributed by atoms with E-state index in [4.69, 9.17) is 17.2 Å². The fourth-order valence-electron chi connectivity index (χ4n) is 2.10. The third-order valence-electron chi connectivity index (χ3n) is 3.05. The summed E-state index contributed by atoms with van der Waals surface area (Å²) in [6.45, 7) is 0. The molecule has 102 valence electrons. The van der Waals surface area contributed by atoms with Crippen molar-refractivity contribution in [1.29, 1.82) is 0 Å². The Kier molecular flexibility index (Phi) is 3.75. The van der Waals surface area contributed by atoms with Crippen LogP contribution < -0.4 is 17.2 Å². The first kappa shape index (κ1) is 13.4. The molecule has 0 radical (unpaired) electrons. The summed E-state index contributed by atoms with van der Waals surface area (Å²) in [5, 5.41) is 0. The van der Waals surface area contributed by atoms with Gasteiger partial charge in [-0.2, -0.15) is 0 Å². The van der Waals surface area contributed by atoms with Gasteiger partial charge in [-0.15, -0.1) is 0 Å². The van der Waals surface area contributed by atoms with Gasteiger partial charge >= 0.3 is 0 Å². The maximum Gasteiger partial charge on any atom is 0.252 e. The maximum atomic E-state index is 13.8. The first-order chi connectivity index (χ1) is 8.97. The largest absolute Gasteiger partial charge is 0.383 e. The minimum Gasteiger partial charge on any atom is -0.383 e. The van der Waals surface area contributed by atoms with Gasteiger partial charge in [0.05, 0.1) is 5.56 Å². The van der Waals surface area contributed by atoms with E-state index in [1.54, 1.807) is 0 Å². The molecule has 7 heteroatoms. The number of aromatic nitrogens is 1. The van der Waals surface area contributed by atoms with Crippen LogP contribution in [-0.4, -0.2) is 22.6 Å². The van der Waals surface area contributed by atoms with Gasteiger partial charge in [0, 0.05) is 18.2 Å². The SMILES string of the molecule is NC(=O)c1cc(F)c(N=C2CCC[C@@H](N)C2)nc1N. The number of nitrogens with zero attached hydrogens (tertiary/aromatic N) is 2. The number of carbonyl (C=O) groups is 1. The Labute approximate surface area is 109 Å². The van der Waals surface area contributed by atoms with E-state index in [1.165, 1.54) is 0 Å². The monoisotopic (exact) mass is 265 g/mol. The lowest BCUT2D eigenvalue weighted by molar-refractivity contribution is 0.100. The van der Waals surface area contributed by atoms with Gasteiger partial charge in [0.25, 0.3) is 5.91 Å². The first-order valence-electron chi connectivity index (χ1n) is 6.05. The smallest absolute Gasteiger partial charge is 0.252 e. The summed E-state index contributed by atoms with van der Waals surface area (Å²) in [5.74, 6) is -1.77. The molecule has 1 aromatic rings. The summed E-state index contributed by atoms with van der Waals surface area (Å²) in [7, 11) is 0. The van der Waals surface area contributed by atoms with E-state index in [1.807, 2.05) is 0 Å². The second-order valence-corrected chi connectivity index (χ2v) is 4.63. The van der Waals surface area contributed by atoms with Crippen LogP contribution in [0.4, 0.5) is 16.0 Å². The highest BCUT2D eigenvalue weighted by Gasteiger charge is 2.17. The van der Waals surface area contributed by atoms with Crippen LogP contribution in [-0.2, 0) is 0 Å². The zero-order valence-corrected chi connectivity index (χ0v) is 10.4. The van der Waals surface area contributed by atoms with E-state index in [0.717, 1.165) is 31.0 Å². The number of anilines is 1. The predicted octanol–water partition coefficient (Wildman–Crippen LogP) is 0.876. The maximum absolute atomic E-state index is 13.8. The number of amides is 1. The van der Waals surface area contributed by atoms with Crippen LogP contribution in [0.1, 0.15) is 36.0 Å². The Morgan fingerprint density at radius 1 is 1.53 bits per heavy atom. The summed E-state index contributed by atoms with van der Waals surface area (Å²) in [6.07, 6.45) is 3.26. The highest BCUT2D eigenvalue weighted by molar-refractivity contribution is 5.97. The molecular formula is C12H16FN5O. The lowest BCUT2D eigenvalue weighted by atomic mass is 9.94. The van der Waals surface area contributed by atoms with Crippen molar-refractivity contribution >= 4 is 23.3 Å². The number of hydrogen-bond acceptors (Lipinski definition) is 5. The molecule has 1 aliphatic carbocycles. The molecule has 2 rings (SSSR count). The molecule has 0 spiro atoms. The molecule has 0 aliphatic heterocycles. The molecule has 6 N–H and O–H groups in total. The van der Waals surface area contributed by atoms with Crippen LogP contribution in [0.5, 0.6) is 0 Å². The Balaban J connectivity index is 2.33. The molecule has 1 aliphatic rings. The minimum atomic E-state index is -0.817. The summed E-state index contributed by atoms with van der Waals surface area (Å²) in [5.41, 5.74) is 17.1. The highest BCUT2D eigenvalue weighted by Crippen LogP contribution is 2.23. The Morgan fingerprint density at radius 3 is 2.89 bits per heavy atom. The molecule has 1 fully saturated rings. The fourth-order valence-corrected chi connectivity index (χ4v) is 2.10. The standard InChI is InChI=1S/C12H16FN5O/c13-9-5-8(11(16)19)10(15)18-12(9)17-7-3-1-2-6(14)4-7/h5-6H,1-4,14H2,(H2,15,18)(H2,16,19)/t6-/m1/s1. The van der Waals surface area contributed by atoms with E-state index in [-0.39, 0.29) is 23.2 Å². The Bertz CT molecular complexity index is 543. The van der Waals surface area contributed by atoms with Crippen molar-refractivity contribution in [2.75, 3.05) is 5.73 Å². The number of rotatable bonds is 2. The van der Waals surface area contributed by atoms with Crippen LogP contribution in [0.2, 0.25) is 0 Å². The highest BCUT2D eigenvalue weighted by atomic mass is 19.1. The van der Waals surface area contributed by atoms with E-state index in [0.29, 0.717) is 6.42 Å². The van der Waals surface area contributed by atoms with Crippen LogP contribution in [0, 0.1) is 5.82 Å². The van der Waals surface area contributed by atoms with E-state index in [2.05, 4.69) is 9.98 Å². The number of hydrogen-bond donors (Lipinski definition) is 3. The van der Waals surface area contributed by atoms with Crippen molar-refractivity contribution in [3.63, 3.8) is 0 Å². The van der Waals surface area contributed by atoms with Gasteiger partial charge in [0.15, 0.2) is 11.6 Å². The summed E-state index contributed by atoms with van der Waals surface area (Å²) >= 11 is 0. The van der Waals surface area contributed by atoms with E-state index in [9.17, 15) is 9.18 Å². The van der Waals surface area contributed by atoms with Crippen LogP contribution in [0.15, 0.2) is 11.1 Å². The van der Waals surface area contributed by atoms with E-state index < -0.39 is 11.7 Å². The number of nitrogens with two attached hydrogens (primary N) is 3. The minimum absolute atomic E-state index is 0.0535. The normalized spacial score (nSPS) is 21.6. The van der Waals surface area contributed by atoms with Gasteiger partial charge in [-0.05, 0) is 25.3 Å². The molecule has 1 heterocycles. The molecule has 19 heavy (non-hydrogen) atoms. The third-order valence-corrected chi connectivity index (χ3v) is 3.05.